The molecule has 3 rings (SSSR count). The van der Waals surface area contributed by atoms with Gasteiger partial charge in [0.15, 0.2) is 0 Å². The summed E-state index contributed by atoms with van der Waals surface area (Å²) >= 11 is 0. The van der Waals surface area contributed by atoms with E-state index in [1.807, 2.05) is 30.3 Å². The van der Waals surface area contributed by atoms with Crippen molar-refractivity contribution >= 4 is 0 Å². The van der Waals surface area contributed by atoms with E-state index in [9.17, 15) is 8.78 Å². The van der Waals surface area contributed by atoms with Gasteiger partial charge in [-0.3, -0.25) is 0 Å². The molecule has 0 unspecified atom stereocenters. The maximum absolute atomic E-state index is 14.3. The molecule has 3 heteroatoms. The number of aryl methyl sites for hydroxylation is 1. The molecule has 134 valence electrons. The Bertz CT molecular complexity index is 1140. The predicted molar refractivity (Wildman–Crippen MR) is 105 cm³/mol. The summed E-state index contributed by atoms with van der Waals surface area (Å²) in [6.07, 6.45) is 0.940. The first-order valence-electron chi connectivity index (χ1n) is 8.71. The number of halogens is 2. The summed E-state index contributed by atoms with van der Waals surface area (Å²) in [5.41, 5.74) is 2.99. The highest BCUT2D eigenvalue weighted by Gasteiger charge is 2.08. The summed E-state index contributed by atoms with van der Waals surface area (Å²) in [4.78, 5) is 0. The molecule has 0 aliphatic heterocycles. The normalized spacial score (nSPS) is 9.50. The van der Waals surface area contributed by atoms with Crippen LogP contribution in [0.4, 0.5) is 8.78 Å². The van der Waals surface area contributed by atoms with Gasteiger partial charge >= 0.3 is 0 Å². The van der Waals surface area contributed by atoms with Gasteiger partial charge in [-0.25, -0.2) is 8.78 Å². The summed E-state index contributed by atoms with van der Waals surface area (Å²) in [5, 5.41) is 8.78. The zero-order chi connectivity index (χ0) is 19.9. The third-order valence-electron chi connectivity index (χ3n) is 4.10. The lowest BCUT2D eigenvalue weighted by Gasteiger charge is -1.99. The van der Waals surface area contributed by atoms with Crippen LogP contribution in [0.2, 0.25) is 0 Å². The smallest absolute Gasteiger partial charge is 0.143 e. The van der Waals surface area contributed by atoms with E-state index in [4.69, 9.17) is 5.26 Å². The molecule has 0 heterocycles. The fourth-order valence-electron chi connectivity index (χ4n) is 2.50. The molecule has 0 radical (unpaired) electrons. The molecular formula is C25H15F2N. The van der Waals surface area contributed by atoms with Crippen LogP contribution in [0.5, 0.6) is 0 Å². The Morgan fingerprint density at radius 3 is 1.68 bits per heavy atom. The number of rotatable bonds is 1. The minimum absolute atomic E-state index is 0.249. The van der Waals surface area contributed by atoms with E-state index in [2.05, 4.69) is 30.6 Å². The lowest BCUT2D eigenvalue weighted by atomic mass is 10.1. The van der Waals surface area contributed by atoms with Crippen LogP contribution in [-0.2, 0) is 6.42 Å². The molecule has 28 heavy (non-hydrogen) atoms. The first-order chi connectivity index (χ1) is 13.6. The van der Waals surface area contributed by atoms with E-state index in [1.165, 1.54) is 17.7 Å². The molecule has 0 bridgehead atoms. The van der Waals surface area contributed by atoms with Crippen LogP contribution in [0, 0.1) is 46.6 Å². The van der Waals surface area contributed by atoms with Gasteiger partial charge in [0, 0.05) is 16.7 Å². The van der Waals surface area contributed by atoms with Crippen molar-refractivity contribution in [1.82, 2.24) is 0 Å². The van der Waals surface area contributed by atoms with E-state index in [0.29, 0.717) is 11.1 Å². The molecule has 1 nitrogen and oxygen atoms in total. The Kier molecular flexibility index (Phi) is 5.86. The fourth-order valence-corrected chi connectivity index (χ4v) is 2.50. The lowest BCUT2D eigenvalue weighted by molar-refractivity contribution is 0.577. The molecule has 0 amide bonds. The van der Waals surface area contributed by atoms with E-state index in [1.54, 1.807) is 24.3 Å². The van der Waals surface area contributed by atoms with Crippen molar-refractivity contribution in [2.24, 2.45) is 0 Å². The summed E-state index contributed by atoms with van der Waals surface area (Å²) in [5.74, 6) is 9.40. The van der Waals surface area contributed by atoms with Crippen LogP contribution in [0.3, 0.4) is 0 Å². The Morgan fingerprint density at radius 1 is 0.679 bits per heavy atom. The lowest BCUT2D eigenvalue weighted by Crippen LogP contribution is -1.92. The Balaban J connectivity index is 1.84. The summed E-state index contributed by atoms with van der Waals surface area (Å²) < 4.78 is 28.6. The summed E-state index contributed by atoms with van der Waals surface area (Å²) in [7, 11) is 0. The molecule has 3 aromatic carbocycles. The van der Waals surface area contributed by atoms with Gasteiger partial charge in [-0.15, -0.1) is 0 Å². The minimum atomic E-state index is -0.758. The molecule has 0 spiro atoms. The molecule has 0 N–H and O–H groups in total. The van der Waals surface area contributed by atoms with E-state index in [-0.39, 0.29) is 11.1 Å². The highest BCUT2D eigenvalue weighted by molar-refractivity contribution is 5.50. The first kappa shape index (κ1) is 18.9. The number of nitrogens with zero attached hydrogens (tertiary/aromatic N) is 1. The van der Waals surface area contributed by atoms with E-state index < -0.39 is 11.6 Å². The topological polar surface area (TPSA) is 23.8 Å². The van der Waals surface area contributed by atoms with Crippen molar-refractivity contribution in [2.75, 3.05) is 0 Å². The largest absolute Gasteiger partial charge is 0.205 e. The Labute approximate surface area is 163 Å². The number of nitriles is 1. The quantitative estimate of drug-likeness (QED) is 0.543. The third kappa shape index (κ3) is 4.64. The zero-order valence-corrected chi connectivity index (χ0v) is 15.2. The number of hydrogen-bond acceptors (Lipinski definition) is 1. The van der Waals surface area contributed by atoms with Crippen molar-refractivity contribution in [2.45, 2.75) is 13.3 Å². The van der Waals surface area contributed by atoms with Crippen molar-refractivity contribution in [3.8, 4) is 29.8 Å². The number of benzene rings is 3. The minimum Gasteiger partial charge on any atom is -0.205 e. The molecule has 0 aliphatic carbocycles. The van der Waals surface area contributed by atoms with Crippen molar-refractivity contribution in [3.05, 3.63) is 106 Å². The average molecular weight is 367 g/mol. The van der Waals surface area contributed by atoms with Gasteiger partial charge < -0.3 is 0 Å². The van der Waals surface area contributed by atoms with Crippen LogP contribution in [0.25, 0.3) is 0 Å². The second-order valence-corrected chi connectivity index (χ2v) is 6.05. The molecule has 0 aromatic heterocycles. The SMILES string of the molecule is CCc1ccc(C#Cc2cc(F)c(C#Cc3ccc(C#N)cc3)c(F)c2)cc1. The Hall–Kier alpha value is -3.87. The van der Waals surface area contributed by atoms with Gasteiger partial charge in [-0.05, 0) is 60.5 Å². The highest BCUT2D eigenvalue weighted by Crippen LogP contribution is 2.15. The summed E-state index contributed by atoms with van der Waals surface area (Å²) in [6.45, 7) is 2.07. The van der Waals surface area contributed by atoms with E-state index in [0.717, 1.165) is 12.0 Å². The molecule has 0 fully saturated rings. The van der Waals surface area contributed by atoms with Gasteiger partial charge in [-0.2, -0.15) is 5.26 Å². The zero-order valence-electron chi connectivity index (χ0n) is 15.2. The first-order valence-corrected chi connectivity index (χ1v) is 8.71. The molecule has 0 saturated heterocycles. The predicted octanol–water partition coefficient (Wildman–Crippen LogP) is 5.20. The van der Waals surface area contributed by atoms with E-state index >= 15 is 0 Å². The monoisotopic (exact) mass is 367 g/mol. The molecule has 0 atom stereocenters. The van der Waals surface area contributed by atoms with Crippen LogP contribution >= 0.6 is 0 Å². The van der Waals surface area contributed by atoms with Crippen LogP contribution < -0.4 is 0 Å². The highest BCUT2D eigenvalue weighted by atomic mass is 19.1. The summed E-state index contributed by atoms with van der Waals surface area (Å²) in [6, 6.07) is 18.5. The maximum Gasteiger partial charge on any atom is 0.143 e. The van der Waals surface area contributed by atoms with Crippen LogP contribution in [-0.4, -0.2) is 0 Å². The molecule has 3 aromatic rings. The standard InChI is InChI=1S/C25H15F2N/c1-2-18-3-5-19(6-4-18)9-12-22-15-24(26)23(25(27)16-22)14-13-20-7-10-21(17-28)11-8-20/h3-8,10-11,15-16H,2H2,1H3. The van der Waals surface area contributed by atoms with Crippen LogP contribution in [0.15, 0.2) is 60.7 Å². The fraction of sp³-hybridized carbons (Fsp3) is 0.0800. The van der Waals surface area contributed by atoms with Crippen LogP contribution in [0.1, 0.15) is 40.3 Å². The molecular weight excluding hydrogens is 352 g/mol. The van der Waals surface area contributed by atoms with Crippen molar-refractivity contribution < 1.29 is 8.78 Å². The maximum atomic E-state index is 14.3. The average Bonchev–Trinajstić information content (AvgIpc) is 2.72. The van der Waals surface area contributed by atoms with Crippen molar-refractivity contribution in [3.63, 3.8) is 0 Å². The van der Waals surface area contributed by atoms with Gasteiger partial charge in [0.25, 0.3) is 0 Å². The number of hydrogen-bond donors (Lipinski definition) is 0. The van der Waals surface area contributed by atoms with Crippen molar-refractivity contribution in [1.29, 1.82) is 5.26 Å². The van der Waals surface area contributed by atoms with Gasteiger partial charge in [0.1, 0.15) is 11.6 Å². The molecule has 0 aliphatic rings. The second kappa shape index (κ2) is 8.68. The molecule has 0 saturated carbocycles. The third-order valence-corrected chi connectivity index (χ3v) is 4.10. The Morgan fingerprint density at radius 2 is 1.14 bits per heavy atom. The van der Waals surface area contributed by atoms with Gasteiger partial charge in [0.2, 0.25) is 0 Å². The second-order valence-electron chi connectivity index (χ2n) is 6.05. The van der Waals surface area contributed by atoms with Gasteiger partial charge in [-0.1, -0.05) is 42.7 Å². The van der Waals surface area contributed by atoms with Gasteiger partial charge in [0.05, 0.1) is 17.2 Å².